The highest BCUT2D eigenvalue weighted by molar-refractivity contribution is 5.97. The topological polar surface area (TPSA) is 386 Å². The monoisotopic (exact) mass is 914 g/mol. The highest BCUT2D eigenvalue weighted by Gasteiger charge is 2.40. The Morgan fingerprint density at radius 3 is 1.69 bits per heavy atom. The van der Waals surface area contributed by atoms with Gasteiger partial charge in [-0.15, -0.1) is 0 Å². The molecule has 0 aliphatic carbocycles. The van der Waals surface area contributed by atoms with Crippen LogP contribution in [0.1, 0.15) is 90.0 Å². The number of hydrogen-bond acceptors (Lipinski definition) is 11. The second kappa shape index (κ2) is 26.3. The summed E-state index contributed by atoms with van der Waals surface area (Å²) in [7, 11) is 0. The first kappa shape index (κ1) is 52.8. The van der Waals surface area contributed by atoms with Gasteiger partial charge in [-0.3, -0.25) is 43.5 Å². The Hall–Kier alpha value is -6.52. The minimum Gasteiger partial charge on any atom is -0.481 e. The minimum absolute atomic E-state index is 0.0176. The smallest absolute Gasteiger partial charge is 0.326 e. The summed E-state index contributed by atoms with van der Waals surface area (Å²) < 4.78 is 0. The van der Waals surface area contributed by atoms with Crippen LogP contribution in [0.5, 0.6) is 0 Å². The van der Waals surface area contributed by atoms with Crippen LogP contribution in [-0.2, 0) is 44.8 Å². The molecule has 7 unspecified atom stereocenters. The van der Waals surface area contributed by atoms with E-state index in [4.69, 9.17) is 28.7 Å². The number of likely N-dealkylation sites (tertiary alicyclic amines) is 2. The summed E-state index contributed by atoms with van der Waals surface area (Å²) in [4.78, 5) is 118. The molecule has 360 valence electrons. The molecule has 23 nitrogen and oxygen atoms in total. The molecule has 1 aromatic carbocycles. The number of aliphatic imine (C=N–C) groups is 2. The molecule has 2 heterocycles. The lowest BCUT2D eigenvalue weighted by Gasteiger charge is -2.30. The number of hydrogen-bond donors (Lipinski definition) is 11. The average Bonchev–Trinajstić information content (AvgIpc) is 3.95. The van der Waals surface area contributed by atoms with Crippen LogP contribution in [0.25, 0.3) is 0 Å². The summed E-state index contributed by atoms with van der Waals surface area (Å²) in [6.07, 6.45) is 1.03. The third kappa shape index (κ3) is 17.5. The average molecular weight is 914 g/mol. The van der Waals surface area contributed by atoms with E-state index in [1.807, 2.05) is 13.8 Å². The highest BCUT2D eigenvalue weighted by atomic mass is 16.4. The molecular formula is C42H67N13O10. The Bertz CT molecular complexity index is 1870. The van der Waals surface area contributed by atoms with Crippen molar-refractivity contribution >= 4 is 59.3 Å². The van der Waals surface area contributed by atoms with Crippen molar-refractivity contribution in [3.8, 4) is 0 Å². The largest absolute Gasteiger partial charge is 0.481 e. The van der Waals surface area contributed by atoms with Gasteiger partial charge in [0.25, 0.3) is 0 Å². The number of rotatable bonds is 26. The Morgan fingerprint density at radius 2 is 1.17 bits per heavy atom. The molecule has 2 fully saturated rings. The van der Waals surface area contributed by atoms with Gasteiger partial charge < -0.3 is 69.9 Å². The summed E-state index contributed by atoms with van der Waals surface area (Å²) in [5.74, 6) is -7.11. The van der Waals surface area contributed by atoms with E-state index in [1.165, 1.54) is 4.90 Å². The van der Waals surface area contributed by atoms with Crippen LogP contribution in [0.15, 0.2) is 40.3 Å². The minimum atomic E-state index is -1.56. The molecule has 0 bridgehead atoms. The number of carbonyl (C=O) groups excluding carboxylic acids is 6. The fourth-order valence-electron chi connectivity index (χ4n) is 7.83. The number of nitrogens with zero attached hydrogens (tertiary/aromatic N) is 4. The Balaban J connectivity index is 1.92. The van der Waals surface area contributed by atoms with E-state index in [0.29, 0.717) is 37.8 Å². The predicted molar refractivity (Wildman–Crippen MR) is 239 cm³/mol. The molecule has 16 N–H and O–H groups in total. The van der Waals surface area contributed by atoms with Crippen molar-refractivity contribution in [3.05, 3.63) is 35.9 Å². The quantitative estimate of drug-likeness (QED) is 0.0262. The molecular weight excluding hydrogens is 847 g/mol. The molecule has 2 aliphatic rings. The van der Waals surface area contributed by atoms with E-state index < -0.39 is 96.6 Å². The van der Waals surface area contributed by atoms with E-state index in [1.54, 1.807) is 30.3 Å². The van der Waals surface area contributed by atoms with Crippen LogP contribution in [0.3, 0.4) is 0 Å². The van der Waals surface area contributed by atoms with Gasteiger partial charge in [0.2, 0.25) is 35.4 Å². The third-order valence-electron chi connectivity index (χ3n) is 11.0. The van der Waals surface area contributed by atoms with Gasteiger partial charge in [0.05, 0.1) is 6.04 Å². The number of nitrogens with two attached hydrogens (primary N) is 5. The van der Waals surface area contributed by atoms with Crippen LogP contribution in [-0.4, -0.2) is 148 Å². The molecule has 7 atom stereocenters. The van der Waals surface area contributed by atoms with Crippen LogP contribution >= 0.6 is 0 Å². The van der Waals surface area contributed by atoms with Gasteiger partial charge >= 0.3 is 11.9 Å². The van der Waals surface area contributed by atoms with Crippen molar-refractivity contribution in [2.24, 2.45) is 44.6 Å². The first-order valence-corrected chi connectivity index (χ1v) is 22.0. The maximum Gasteiger partial charge on any atom is 0.326 e. The van der Waals surface area contributed by atoms with Crippen molar-refractivity contribution in [3.63, 3.8) is 0 Å². The number of carboxylic acid groups (broad SMARTS) is 2. The molecule has 2 aliphatic heterocycles. The predicted octanol–water partition coefficient (Wildman–Crippen LogP) is -2.42. The first-order valence-electron chi connectivity index (χ1n) is 22.0. The number of guanidine groups is 2. The van der Waals surface area contributed by atoms with Gasteiger partial charge in [-0.05, 0) is 75.7 Å². The Morgan fingerprint density at radius 1 is 0.677 bits per heavy atom. The number of benzene rings is 1. The number of carboxylic acids is 2. The fourth-order valence-corrected chi connectivity index (χ4v) is 7.83. The van der Waals surface area contributed by atoms with Gasteiger partial charge in [0.15, 0.2) is 11.9 Å². The zero-order valence-electron chi connectivity index (χ0n) is 37.2. The molecule has 6 amide bonds. The second-order valence-corrected chi connectivity index (χ2v) is 16.7. The number of amides is 6. The van der Waals surface area contributed by atoms with Crippen LogP contribution < -0.4 is 49.9 Å². The molecule has 0 saturated carbocycles. The van der Waals surface area contributed by atoms with Gasteiger partial charge in [-0.2, -0.15) is 0 Å². The SMILES string of the molecule is CC(C)CC(N)C(=O)N1CCCC1C(=O)NC(Cc1ccccc1)C(=O)NC(CCCN=C(N)N)C(=O)NC(CCC(=O)O)C(=O)NC(CCCN=C(N)N)C(=O)N1CCCC1C(=O)O. The van der Waals surface area contributed by atoms with Gasteiger partial charge in [-0.1, -0.05) is 44.2 Å². The van der Waals surface area contributed by atoms with E-state index >= 15 is 0 Å². The van der Waals surface area contributed by atoms with Gasteiger partial charge in [0.1, 0.15) is 36.3 Å². The number of nitrogens with one attached hydrogen (secondary N) is 4. The highest BCUT2D eigenvalue weighted by Crippen LogP contribution is 2.22. The zero-order valence-corrected chi connectivity index (χ0v) is 37.2. The van der Waals surface area contributed by atoms with Gasteiger partial charge in [-0.25, -0.2) is 4.79 Å². The summed E-state index contributed by atoms with van der Waals surface area (Å²) in [6, 6.07) is 0.382. The lowest BCUT2D eigenvalue weighted by Crippen LogP contribution is -2.60. The lowest BCUT2D eigenvalue weighted by molar-refractivity contribution is -0.149. The van der Waals surface area contributed by atoms with Crippen molar-refractivity contribution in [1.82, 2.24) is 31.1 Å². The van der Waals surface area contributed by atoms with Gasteiger partial charge in [0, 0.05) is 39.0 Å². The first-order chi connectivity index (χ1) is 30.8. The summed E-state index contributed by atoms with van der Waals surface area (Å²) in [5, 5.41) is 29.9. The summed E-state index contributed by atoms with van der Waals surface area (Å²) in [5.41, 5.74) is 28.7. The number of aliphatic carboxylic acids is 2. The summed E-state index contributed by atoms with van der Waals surface area (Å²) in [6.45, 7) is 4.40. The standard InChI is InChI=1S/C42H67N13O10/c1-24(2)22-26(43)38(62)54-20-8-14-31(54)37(61)53-30(23-25-10-4-3-5-11-25)36(60)50-27(12-6-18-48-41(44)45)34(58)51-28(16-17-33(56)57)35(59)52-29(13-7-19-49-42(46)47)39(63)55-21-9-15-32(55)40(64)65/h3-5,10-11,24,26-32H,6-9,12-23,43H2,1-2H3,(H,50,60)(H,51,58)(H,52,59)(H,53,61)(H,56,57)(H,64,65)(H4,44,45,48)(H4,46,47,49). The number of carbonyl (C=O) groups is 8. The molecule has 1 aromatic rings. The van der Waals surface area contributed by atoms with E-state index in [9.17, 15) is 48.6 Å². The molecule has 0 spiro atoms. The molecule has 23 heteroatoms. The molecule has 2 saturated heterocycles. The molecule has 0 aromatic heterocycles. The van der Waals surface area contributed by atoms with Crippen molar-refractivity contribution < 1.29 is 48.6 Å². The molecule has 0 radical (unpaired) electrons. The van der Waals surface area contributed by atoms with Crippen LogP contribution in [0.4, 0.5) is 0 Å². The lowest BCUT2D eigenvalue weighted by atomic mass is 10.0. The Labute approximate surface area is 378 Å². The van der Waals surface area contributed by atoms with Crippen molar-refractivity contribution in [1.29, 1.82) is 0 Å². The second-order valence-electron chi connectivity index (χ2n) is 16.7. The van der Waals surface area contributed by atoms with Crippen LogP contribution in [0.2, 0.25) is 0 Å². The van der Waals surface area contributed by atoms with E-state index in [0.717, 1.165) is 4.90 Å². The summed E-state index contributed by atoms with van der Waals surface area (Å²) >= 11 is 0. The van der Waals surface area contributed by atoms with Crippen LogP contribution in [0, 0.1) is 5.92 Å². The fraction of sp³-hybridized carbons (Fsp3) is 0.619. The van der Waals surface area contributed by atoms with Crippen molar-refractivity contribution in [2.45, 2.75) is 133 Å². The normalized spacial score (nSPS) is 18.0. The zero-order chi connectivity index (χ0) is 48.2. The van der Waals surface area contributed by atoms with Crippen molar-refractivity contribution in [2.75, 3.05) is 26.2 Å². The Kier molecular flexibility index (Phi) is 21.4. The third-order valence-corrected chi connectivity index (χ3v) is 11.0. The molecule has 3 rings (SSSR count). The van der Waals surface area contributed by atoms with E-state index in [-0.39, 0.29) is 81.9 Å². The molecule has 65 heavy (non-hydrogen) atoms. The maximum absolute atomic E-state index is 14.3. The maximum atomic E-state index is 14.3. The van der Waals surface area contributed by atoms with E-state index in [2.05, 4.69) is 31.3 Å².